The molecule has 1 aliphatic heterocycles. The number of rotatable bonds is 3. The van der Waals surface area contributed by atoms with Crippen LogP contribution in [0, 0.1) is 0 Å². The van der Waals surface area contributed by atoms with Crippen molar-refractivity contribution in [3.05, 3.63) is 34.4 Å². The van der Waals surface area contributed by atoms with E-state index in [0.29, 0.717) is 27.5 Å². The van der Waals surface area contributed by atoms with E-state index in [9.17, 15) is 0 Å². The van der Waals surface area contributed by atoms with Crippen LogP contribution in [0.5, 0.6) is 0 Å². The van der Waals surface area contributed by atoms with Gasteiger partial charge in [-0.2, -0.15) is 10.1 Å². The zero-order valence-corrected chi connectivity index (χ0v) is 13.6. The highest BCUT2D eigenvalue weighted by molar-refractivity contribution is 6.35. The Hall–Kier alpha value is -1.63. The largest absolute Gasteiger partial charge is 0.338 e. The van der Waals surface area contributed by atoms with Crippen LogP contribution in [0.4, 0.5) is 17.5 Å². The van der Waals surface area contributed by atoms with Gasteiger partial charge in [-0.05, 0) is 25.2 Å². The average molecular weight is 339 g/mol. The SMILES string of the molecule is CN1CCN(c2nncc(Nc3cc(Cl)ccc3Cl)n2)CC1. The van der Waals surface area contributed by atoms with Crippen LogP contribution in [0.3, 0.4) is 0 Å². The fourth-order valence-electron chi connectivity index (χ4n) is 2.23. The molecule has 0 amide bonds. The third kappa shape index (κ3) is 3.58. The molecule has 2 heterocycles. The molecule has 22 heavy (non-hydrogen) atoms. The van der Waals surface area contributed by atoms with Crippen LogP contribution in [0.2, 0.25) is 10.0 Å². The number of benzene rings is 1. The summed E-state index contributed by atoms with van der Waals surface area (Å²) in [5.74, 6) is 1.21. The minimum absolute atomic E-state index is 0.573. The molecule has 3 rings (SSSR count). The predicted molar refractivity (Wildman–Crippen MR) is 89.3 cm³/mol. The summed E-state index contributed by atoms with van der Waals surface area (Å²) in [6, 6.07) is 5.23. The summed E-state index contributed by atoms with van der Waals surface area (Å²) in [7, 11) is 2.11. The Kier molecular flexibility index (Phi) is 4.61. The number of likely N-dealkylation sites (N-methyl/N-ethyl adjacent to an activating group) is 1. The second-order valence-corrected chi connectivity index (χ2v) is 6.02. The van der Waals surface area contributed by atoms with Gasteiger partial charge in [0.05, 0.1) is 16.9 Å². The maximum Gasteiger partial charge on any atom is 0.247 e. The number of hydrogen-bond acceptors (Lipinski definition) is 6. The lowest BCUT2D eigenvalue weighted by atomic mass is 10.3. The molecule has 0 saturated carbocycles. The first-order valence-corrected chi connectivity index (χ1v) is 7.73. The van der Waals surface area contributed by atoms with Crippen molar-refractivity contribution >= 4 is 40.7 Å². The lowest BCUT2D eigenvalue weighted by molar-refractivity contribution is 0.311. The summed E-state index contributed by atoms with van der Waals surface area (Å²) >= 11 is 12.1. The lowest BCUT2D eigenvalue weighted by Crippen LogP contribution is -2.45. The Balaban J connectivity index is 1.78. The predicted octanol–water partition coefficient (Wildman–Crippen LogP) is 2.67. The monoisotopic (exact) mass is 338 g/mol. The second-order valence-electron chi connectivity index (χ2n) is 5.18. The van der Waals surface area contributed by atoms with Crippen molar-refractivity contribution in [2.45, 2.75) is 0 Å². The molecule has 0 bridgehead atoms. The first-order chi connectivity index (χ1) is 10.6. The van der Waals surface area contributed by atoms with Gasteiger partial charge in [0.15, 0.2) is 5.82 Å². The van der Waals surface area contributed by atoms with E-state index in [1.165, 1.54) is 0 Å². The van der Waals surface area contributed by atoms with E-state index in [1.807, 2.05) is 0 Å². The smallest absolute Gasteiger partial charge is 0.247 e. The normalized spacial score (nSPS) is 15.9. The van der Waals surface area contributed by atoms with Gasteiger partial charge in [0.25, 0.3) is 0 Å². The minimum atomic E-state index is 0.573. The maximum atomic E-state index is 6.15. The van der Waals surface area contributed by atoms with Gasteiger partial charge in [0.2, 0.25) is 5.95 Å². The molecule has 1 saturated heterocycles. The van der Waals surface area contributed by atoms with Crippen molar-refractivity contribution in [1.29, 1.82) is 0 Å². The third-order valence-corrected chi connectivity index (χ3v) is 4.09. The molecule has 1 N–H and O–H groups in total. The molecule has 0 radical (unpaired) electrons. The standard InChI is InChI=1S/C14H16Cl2N6/c1-21-4-6-22(7-5-21)14-19-13(9-17-20-14)18-12-8-10(15)2-3-11(12)16/h2-3,8-9H,4-7H2,1H3,(H,18,19,20). The van der Waals surface area contributed by atoms with Gasteiger partial charge in [-0.25, -0.2) is 0 Å². The zero-order chi connectivity index (χ0) is 15.5. The molecule has 0 spiro atoms. The molecular weight excluding hydrogens is 323 g/mol. The van der Waals surface area contributed by atoms with Gasteiger partial charge in [0, 0.05) is 31.2 Å². The molecule has 8 heteroatoms. The van der Waals surface area contributed by atoms with Gasteiger partial charge < -0.3 is 15.1 Å². The number of nitrogens with one attached hydrogen (secondary N) is 1. The number of nitrogens with zero attached hydrogens (tertiary/aromatic N) is 5. The van der Waals surface area contributed by atoms with E-state index in [-0.39, 0.29) is 0 Å². The molecule has 0 unspecified atom stereocenters. The van der Waals surface area contributed by atoms with Crippen LogP contribution in [-0.2, 0) is 0 Å². The van der Waals surface area contributed by atoms with Gasteiger partial charge >= 0.3 is 0 Å². The molecule has 1 aromatic heterocycles. The Morgan fingerprint density at radius 1 is 1.14 bits per heavy atom. The summed E-state index contributed by atoms with van der Waals surface area (Å²) in [6.07, 6.45) is 1.57. The summed E-state index contributed by atoms with van der Waals surface area (Å²) in [5.41, 5.74) is 0.694. The Labute approximate surface area is 139 Å². The Morgan fingerprint density at radius 3 is 2.68 bits per heavy atom. The molecule has 116 valence electrons. The maximum absolute atomic E-state index is 6.15. The van der Waals surface area contributed by atoms with Crippen LogP contribution in [0.15, 0.2) is 24.4 Å². The second kappa shape index (κ2) is 6.64. The fraction of sp³-hybridized carbons (Fsp3) is 0.357. The number of hydrogen-bond donors (Lipinski definition) is 1. The third-order valence-electron chi connectivity index (χ3n) is 3.52. The first kappa shape index (κ1) is 15.3. The topological polar surface area (TPSA) is 57.2 Å². The van der Waals surface area contributed by atoms with Crippen LogP contribution < -0.4 is 10.2 Å². The van der Waals surface area contributed by atoms with E-state index in [1.54, 1.807) is 24.4 Å². The van der Waals surface area contributed by atoms with Gasteiger partial charge in [0.1, 0.15) is 0 Å². The van der Waals surface area contributed by atoms with Crippen molar-refractivity contribution < 1.29 is 0 Å². The van der Waals surface area contributed by atoms with Crippen molar-refractivity contribution in [2.75, 3.05) is 43.4 Å². The van der Waals surface area contributed by atoms with Crippen molar-refractivity contribution in [2.24, 2.45) is 0 Å². The number of aromatic nitrogens is 3. The van der Waals surface area contributed by atoms with Gasteiger partial charge in [-0.3, -0.25) is 0 Å². The van der Waals surface area contributed by atoms with Crippen LogP contribution in [0.25, 0.3) is 0 Å². The lowest BCUT2D eigenvalue weighted by Gasteiger charge is -2.32. The van der Waals surface area contributed by atoms with Crippen LogP contribution in [0.1, 0.15) is 0 Å². The van der Waals surface area contributed by atoms with E-state index >= 15 is 0 Å². The molecular formula is C14H16Cl2N6. The molecule has 0 atom stereocenters. The van der Waals surface area contributed by atoms with Crippen LogP contribution >= 0.6 is 23.2 Å². The Bertz CT molecular complexity index is 658. The van der Waals surface area contributed by atoms with E-state index in [2.05, 4.69) is 37.3 Å². The van der Waals surface area contributed by atoms with Crippen molar-refractivity contribution in [3.63, 3.8) is 0 Å². The summed E-state index contributed by atoms with van der Waals surface area (Å²) in [6.45, 7) is 3.75. The van der Waals surface area contributed by atoms with Crippen molar-refractivity contribution in [3.8, 4) is 0 Å². The van der Waals surface area contributed by atoms with E-state index in [4.69, 9.17) is 23.2 Å². The number of piperazine rings is 1. The van der Waals surface area contributed by atoms with Gasteiger partial charge in [-0.15, -0.1) is 5.10 Å². The minimum Gasteiger partial charge on any atom is -0.338 e. The van der Waals surface area contributed by atoms with Crippen LogP contribution in [-0.4, -0.2) is 53.3 Å². The quantitative estimate of drug-likeness (QED) is 0.928. The van der Waals surface area contributed by atoms with E-state index < -0.39 is 0 Å². The Morgan fingerprint density at radius 2 is 1.91 bits per heavy atom. The molecule has 0 aliphatic carbocycles. The zero-order valence-electron chi connectivity index (χ0n) is 12.1. The fourth-order valence-corrected chi connectivity index (χ4v) is 2.56. The van der Waals surface area contributed by atoms with Crippen molar-refractivity contribution in [1.82, 2.24) is 20.1 Å². The summed E-state index contributed by atoms with van der Waals surface area (Å²) in [5, 5.41) is 12.5. The molecule has 2 aromatic rings. The molecule has 1 aliphatic rings. The number of anilines is 3. The number of halogens is 2. The van der Waals surface area contributed by atoms with Gasteiger partial charge in [-0.1, -0.05) is 23.2 Å². The summed E-state index contributed by atoms with van der Waals surface area (Å²) in [4.78, 5) is 8.91. The average Bonchev–Trinajstić information content (AvgIpc) is 2.52. The molecule has 1 aromatic carbocycles. The highest BCUT2D eigenvalue weighted by Crippen LogP contribution is 2.27. The molecule has 1 fully saturated rings. The summed E-state index contributed by atoms with van der Waals surface area (Å²) < 4.78 is 0. The highest BCUT2D eigenvalue weighted by atomic mass is 35.5. The molecule has 6 nitrogen and oxygen atoms in total. The first-order valence-electron chi connectivity index (χ1n) is 6.97. The highest BCUT2D eigenvalue weighted by Gasteiger charge is 2.17. The van der Waals surface area contributed by atoms with E-state index in [0.717, 1.165) is 26.2 Å².